The van der Waals surface area contributed by atoms with Crippen LogP contribution in [0.15, 0.2) is 42.7 Å². The Morgan fingerprint density at radius 2 is 1.89 bits per heavy atom. The van der Waals surface area contributed by atoms with E-state index in [2.05, 4.69) is 4.98 Å². The fourth-order valence-electron chi connectivity index (χ4n) is 1.58. The molecule has 0 spiro atoms. The van der Waals surface area contributed by atoms with Gasteiger partial charge < -0.3 is 5.11 Å². The Bertz CT molecular complexity index is 608. The van der Waals surface area contributed by atoms with Crippen molar-refractivity contribution in [3.8, 4) is 11.1 Å². The van der Waals surface area contributed by atoms with Crippen LogP contribution < -0.4 is 0 Å². The maximum Gasteiger partial charge on any atom is 0.337 e. The van der Waals surface area contributed by atoms with Crippen LogP contribution in [0.3, 0.4) is 0 Å². The van der Waals surface area contributed by atoms with Crippen LogP contribution in [0, 0.1) is 10.1 Å². The molecular formula is C12H8N2O4. The Balaban J connectivity index is 2.49. The molecule has 0 atom stereocenters. The van der Waals surface area contributed by atoms with Gasteiger partial charge in [0.05, 0.1) is 10.5 Å². The number of aromatic nitrogens is 1. The van der Waals surface area contributed by atoms with Crippen molar-refractivity contribution in [3.05, 3.63) is 58.4 Å². The molecule has 0 amide bonds. The van der Waals surface area contributed by atoms with Crippen molar-refractivity contribution in [3.63, 3.8) is 0 Å². The third kappa shape index (κ3) is 2.17. The summed E-state index contributed by atoms with van der Waals surface area (Å²) in [6.07, 6.45) is 2.72. The van der Waals surface area contributed by atoms with Gasteiger partial charge in [-0.3, -0.25) is 15.1 Å². The van der Waals surface area contributed by atoms with Gasteiger partial charge in [0, 0.05) is 24.5 Å². The summed E-state index contributed by atoms with van der Waals surface area (Å²) in [5, 5.41) is 19.5. The topological polar surface area (TPSA) is 93.3 Å². The van der Waals surface area contributed by atoms with Gasteiger partial charge in [-0.15, -0.1) is 0 Å². The Labute approximate surface area is 102 Å². The second-order valence-corrected chi connectivity index (χ2v) is 3.53. The molecule has 2 rings (SSSR count). The molecule has 18 heavy (non-hydrogen) atoms. The zero-order chi connectivity index (χ0) is 13.1. The molecule has 2 aromatic rings. The number of rotatable bonds is 3. The number of hydrogen-bond donors (Lipinski definition) is 1. The first kappa shape index (κ1) is 11.7. The van der Waals surface area contributed by atoms with Crippen LogP contribution in [0.4, 0.5) is 5.69 Å². The van der Waals surface area contributed by atoms with Crippen molar-refractivity contribution in [2.75, 3.05) is 0 Å². The Kier molecular flexibility index (Phi) is 3.01. The Morgan fingerprint density at radius 3 is 2.44 bits per heavy atom. The van der Waals surface area contributed by atoms with Gasteiger partial charge in [-0.1, -0.05) is 0 Å². The van der Waals surface area contributed by atoms with Gasteiger partial charge >= 0.3 is 5.97 Å². The molecule has 0 unspecified atom stereocenters. The number of aromatic carboxylic acids is 1. The summed E-state index contributed by atoms with van der Waals surface area (Å²) in [5.74, 6) is -1.09. The lowest BCUT2D eigenvalue weighted by atomic mass is 10.0. The van der Waals surface area contributed by atoms with Crippen LogP contribution in [-0.2, 0) is 0 Å². The number of nitro groups is 1. The predicted molar refractivity (Wildman–Crippen MR) is 63.3 cm³/mol. The monoisotopic (exact) mass is 244 g/mol. The lowest BCUT2D eigenvalue weighted by Gasteiger charge is -2.04. The summed E-state index contributed by atoms with van der Waals surface area (Å²) < 4.78 is 0. The second kappa shape index (κ2) is 4.62. The molecule has 0 saturated carbocycles. The molecule has 0 bridgehead atoms. The lowest BCUT2D eigenvalue weighted by molar-refractivity contribution is -0.384. The number of nitro benzene ring substituents is 1. The predicted octanol–water partition coefficient (Wildman–Crippen LogP) is 2.36. The van der Waals surface area contributed by atoms with Crippen molar-refractivity contribution in [1.82, 2.24) is 4.98 Å². The molecule has 0 aliphatic rings. The van der Waals surface area contributed by atoms with E-state index < -0.39 is 10.9 Å². The summed E-state index contributed by atoms with van der Waals surface area (Å²) >= 11 is 0. The standard InChI is InChI=1S/C12H8N2O4/c15-12(16)11-7-13-6-5-10(11)8-1-3-9(4-2-8)14(17)18/h1-7H,(H,15,16). The van der Waals surface area contributed by atoms with Crippen LogP contribution in [0.25, 0.3) is 11.1 Å². The van der Waals surface area contributed by atoms with E-state index in [1.165, 1.54) is 36.7 Å². The van der Waals surface area contributed by atoms with E-state index >= 15 is 0 Å². The number of nitrogens with zero attached hydrogens (tertiary/aromatic N) is 2. The lowest BCUT2D eigenvalue weighted by Crippen LogP contribution is -2.00. The number of carbonyl (C=O) groups is 1. The maximum absolute atomic E-state index is 11.0. The summed E-state index contributed by atoms with van der Waals surface area (Å²) in [5.41, 5.74) is 1.10. The molecule has 6 heteroatoms. The van der Waals surface area contributed by atoms with Gasteiger partial charge in [0.1, 0.15) is 0 Å². The van der Waals surface area contributed by atoms with E-state index in [4.69, 9.17) is 5.11 Å². The summed E-state index contributed by atoms with van der Waals surface area (Å²) in [7, 11) is 0. The molecule has 1 aromatic heterocycles. The normalized spacial score (nSPS) is 10.0. The van der Waals surface area contributed by atoms with Crippen molar-refractivity contribution in [2.45, 2.75) is 0 Å². The molecule has 6 nitrogen and oxygen atoms in total. The van der Waals surface area contributed by atoms with E-state index in [1.807, 2.05) is 0 Å². The highest BCUT2D eigenvalue weighted by atomic mass is 16.6. The minimum atomic E-state index is -1.09. The van der Waals surface area contributed by atoms with Crippen LogP contribution in [0.2, 0.25) is 0 Å². The van der Waals surface area contributed by atoms with Gasteiger partial charge in [0.15, 0.2) is 0 Å². The number of benzene rings is 1. The van der Waals surface area contributed by atoms with Crippen LogP contribution in [0.5, 0.6) is 0 Å². The van der Waals surface area contributed by atoms with E-state index in [1.54, 1.807) is 6.07 Å². The first-order chi connectivity index (χ1) is 8.59. The minimum Gasteiger partial charge on any atom is -0.478 e. The zero-order valence-electron chi connectivity index (χ0n) is 9.11. The first-order valence-electron chi connectivity index (χ1n) is 5.01. The van der Waals surface area contributed by atoms with Gasteiger partial charge in [0.25, 0.3) is 5.69 Å². The first-order valence-corrected chi connectivity index (χ1v) is 5.01. The fraction of sp³-hybridized carbons (Fsp3) is 0. The van der Waals surface area contributed by atoms with Crippen LogP contribution >= 0.6 is 0 Å². The zero-order valence-corrected chi connectivity index (χ0v) is 9.11. The molecule has 0 fully saturated rings. The largest absolute Gasteiger partial charge is 0.478 e. The highest BCUT2D eigenvalue weighted by molar-refractivity contribution is 5.95. The van der Waals surface area contributed by atoms with Crippen LogP contribution in [0.1, 0.15) is 10.4 Å². The van der Waals surface area contributed by atoms with E-state index in [0.29, 0.717) is 11.1 Å². The molecule has 0 saturated heterocycles. The molecule has 1 aromatic carbocycles. The molecule has 0 radical (unpaired) electrons. The quantitative estimate of drug-likeness (QED) is 0.660. The summed E-state index contributed by atoms with van der Waals surface area (Å²) in [6, 6.07) is 7.26. The van der Waals surface area contributed by atoms with Crippen molar-refractivity contribution in [1.29, 1.82) is 0 Å². The highest BCUT2D eigenvalue weighted by Crippen LogP contribution is 2.25. The second-order valence-electron chi connectivity index (χ2n) is 3.53. The van der Waals surface area contributed by atoms with Gasteiger partial charge in [-0.25, -0.2) is 4.79 Å². The van der Waals surface area contributed by atoms with E-state index in [9.17, 15) is 14.9 Å². The Hall–Kier alpha value is -2.76. The molecule has 1 heterocycles. The third-order valence-electron chi connectivity index (χ3n) is 2.44. The smallest absolute Gasteiger partial charge is 0.337 e. The molecular weight excluding hydrogens is 236 g/mol. The molecule has 0 aliphatic carbocycles. The van der Waals surface area contributed by atoms with E-state index in [-0.39, 0.29) is 11.3 Å². The average molecular weight is 244 g/mol. The van der Waals surface area contributed by atoms with E-state index in [0.717, 1.165) is 0 Å². The number of non-ortho nitro benzene ring substituents is 1. The van der Waals surface area contributed by atoms with Crippen molar-refractivity contribution in [2.24, 2.45) is 0 Å². The fourth-order valence-corrected chi connectivity index (χ4v) is 1.58. The number of pyridine rings is 1. The number of carboxylic acid groups (broad SMARTS) is 1. The van der Waals surface area contributed by atoms with Crippen molar-refractivity contribution >= 4 is 11.7 Å². The highest BCUT2D eigenvalue weighted by Gasteiger charge is 2.12. The summed E-state index contributed by atoms with van der Waals surface area (Å²) in [6.45, 7) is 0. The molecule has 0 aliphatic heterocycles. The number of carboxylic acids is 1. The molecule has 1 N–H and O–H groups in total. The minimum absolute atomic E-state index is 0.0373. The molecule has 90 valence electrons. The number of hydrogen-bond acceptors (Lipinski definition) is 4. The third-order valence-corrected chi connectivity index (χ3v) is 2.44. The van der Waals surface area contributed by atoms with Gasteiger partial charge in [-0.2, -0.15) is 0 Å². The van der Waals surface area contributed by atoms with Gasteiger partial charge in [0.2, 0.25) is 0 Å². The summed E-state index contributed by atoms with van der Waals surface area (Å²) in [4.78, 5) is 24.8. The average Bonchev–Trinajstić information content (AvgIpc) is 2.39. The SMILES string of the molecule is O=C(O)c1cnccc1-c1ccc([N+](=O)[O-])cc1. The maximum atomic E-state index is 11.0. The van der Waals surface area contributed by atoms with Crippen molar-refractivity contribution < 1.29 is 14.8 Å². The van der Waals surface area contributed by atoms with Gasteiger partial charge in [-0.05, 0) is 29.3 Å². The van der Waals surface area contributed by atoms with Crippen LogP contribution in [-0.4, -0.2) is 21.0 Å². The Morgan fingerprint density at radius 1 is 1.22 bits per heavy atom.